The molecule has 0 saturated carbocycles. The van der Waals surface area contributed by atoms with Crippen LogP contribution in [-0.2, 0) is 0 Å². The van der Waals surface area contributed by atoms with E-state index in [2.05, 4.69) is 10.6 Å². The second-order valence-corrected chi connectivity index (χ2v) is 2.50. The van der Waals surface area contributed by atoms with Gasteiger partial charge in [-0.2, -0.15) is 13.2 Å². The zero-order valence-electron chi connectivity index (χ0n) is 7.37. The molecule has 2 N–H and O–H groups in total. The number of hydrogen-bond acceptors (Lipinski definition) is 1. The van der Waals surface area contributed by atoms with Crippen molar-refractivity contribution in [1.29, 1.82) is 0 Å². The van der Waals surface area contributed by atoms with Crippen LogP contribution in [0.1, 0.15) is 19.8 Å². The number of carbonyl (C=O) groups is 1. The van der Waals surface area contributed by atoms with E-state index in [1.165, 1.54) is 0 Å². The van der Waals surface area contributed by atoms with E-state index >= 15 is 0 Å². The van der Waals surface area contributed by atoms with Crippen LogP contribution in [0, 0.1) is 0 Å². The lowest BCUT2D eigenvalue weighted by molar-refractivity contribution is -0.135. The van der Waals surface area contributed by atoms with Crippen LogP contribution in [0.5, 0.6) is 0 Å². The minimum absolute atomic E-state index is 0.0470. The van der Waals surface area contributed by atoms with Crippen molar-refractivity contribution in [2.75, 3.05) is 13.1 Å². The smallest absolute Gasteiger partial charge is 0.338 e. The summed E-state index contributed by atoms with van der Waals surface area (Å²) in [7, 11) is 0. The maximum absolute atomic E-state index is 11.6. The van der Waals surface area contributed by atoms with Gasteiger partial charge in [-0.1, -0.05) is 0 Å². The third-order valence-corrected chi connectivity index (χ3v) is 1.26. The first-order valence-electron chi connectivity index (χ1n) is 4.04. The van der Waals surface area contributed by atoms with Crippen LogP contribution in [0.25, 0.3) is 0 Å². The molecule has 0 atom stereocenters. The Morgan fingerprint density at radius 1 is 1.31 bits per heavy atom. The van der Waals surface area contributed by atoms with Gasteiger partial charge in [-0.3, -0.25) is 0 Å². The topological polar surface area (TPSA) is 41.1 Å². The highest BCUT2D eigenvalue weighted by molar-refractivity contribution is 5.73. The van der Waals surface area contributed by atoms with Crippen molar-refractivity contribution in [2.45, 2.75) is 25.9 Å². The molecule has 0 heterocycles. The lowest BCUT2D eigenvalue weighted by atomic mass is 10.3. The molecule has 0 aromatic rings. The Bertz CT molecular complexity index is 158. The first-order valence-corrected chi connectivity index (χ1v) is 4.04. The number of nitrogens with one attached hydrogen (secondary N) is 2. The molecule has 3 nitrogen and oxygen atoms in total. The van der Waals surface area contributed by atoms with E-state index in [9.17, 15) is 18.0 Å². The van der Waals surface area contributed by atoms with Crippen molar-refractivity contribution in [1.82, 2.24) is 10.6 Å². The second kappa shape index (κ2) is 5.66. The van der Waals surface area contributed by atoms with Gasteiger partial charge < -0.3 is 10.6 Å². The number of amides is 2. The standard InChI is InChI=1S/C7H13F3N2O/c1-2-11-6(13)12-5-3-4-7(8,9)10/h2-5H2,1H3,(H2,11,12,13). The summed E-state index contributed by atoms with van der Waals surface area (Å²) in [6, 6.07) is -0.426. The molecular formula is C7H13F3N2O. The number of halogens is 3. The normalized spacial score (nSPS) is 11.1. The maximum atomic E-state index is 11.6. The Morgan fingerprint density at radius 3 is 2.38 bits per heavy atom. The Kier molecular flexibility index (Phi) is 5.25. The number of urea groups is 1. The van der Waals surface area contributed by atoms with E-state index in [0.29, 0.717) is 6.54 Å². The van der Waals surface area contributed by atoms with E-state index in [1.54, 1.807) is 6.92 Å². The highest BCUT2D eigenvalue weighted by Crippen LogP contribution is 2.20. The van der Waals surface area contributed by atoms with Gasteiger partial charge in [0.05, 0.1) is 0 Å². The highest BCUT2D eigenvalue weighted by Gasteiger charge is 2.25. The van der Waals surface area contributed by atoms with E-state index in [4.69, 9.17) is 0 Å². The maximum Gasteiger partial charge on any atom is 0.389 e. The molecule has 2 amide bonds. The predicted octanol–water partition coefficient (Wildman–Crippen LogP) is 1.65. The highest BCUT2D eigenvalue weighted by atomic mass is 19.4. The Morgan fingerprint density at radius 2 is 1.92 bits per heavy atom. The van der Waals surface area contributed by atoms with E-state index < -0.39 is 18.6 Å². The van der Waals surface area contributed by atoms with Crippen LogP contribution in [0.15, 0.2) is 0 Å². The molecule has 0 rings (SSSR count). The quantitative estimate of drug-likeness (QED) is 0.662. The fourth-order valence-electron chi connectivity index (χ4n) is 0.714. The zero-order chi connectivity index (χ0) is 10.3. The lowest BCUT2D eigenvalue weighted by Gasteiger charge is -2.07. The third-order valence-electron chi connectivity index (χ3n) is 1.26. The fourth-order valence-corrected chi connectivity index (χ4v) is 0.714. The van der Waals surface area contributed by atoms with Crippen molar-refractivity contribution >= 4 is 6.03 Å². The number of alkyl halides is 3. The fraction of sp³-hybridized carbons (Fsp3) is 0.857. The molecule has 13 heavy (non-hydrogen) atoms. The van der Waals surface area contributed by atoms with Crippen LogP contribution >= 0.6 is 0 Å². The first-order chi connectivity index (χ1) is 5.95. The minimum atomic E-state index is -4.14. The van der Waals surface area contributed by atoms with Gasteiger partial charge in [0.1, 0.15) is 0 Å². The van der Waals surface area contributed by atoms with Crippen molar-refractivity contribution in [3.8, 4) is 0 Å². The molecule has 0 aromatic heterocycles. The summed E-state index contributed by atoms with van der Waals surface area (Å²) in [5.74, 6) is 0. The summed E-state index contributed by atoms with van der Waals surface area (Å²) < 4.78 is 34.8. The molecule has 0 aliphatic heterocycles. The van der Waals surface area contributed by atoms with E-state index in [0.717, 1.165) is 0 Å². The summed E-state index contributed by atoms with van der Waals surface area (Å²) in [4.78, 5) is 10.7. The lowest BCUT2D eigenvalue weighted by Crippen LogP contribution is -2.36. The minimum Gasteiger partial charge on any atom is -0.338 e. The molecular weight excluding hydrogens is 185 g/mol. The van der Waals surface area contributed by atoms with Gasteiger partial charge in [0.15, 0.2) is 0 Å². The molecule has 0 saturated heterocycles. The van der Waals surface area contributed by atoms with Crippen molar-refractivity contribution < 1.29 is 18.0 Å². The molecule has 6 heteroatoms. The van der Waals surface area contributed by atoms with Crippen LogP contribution in [0.2, 0.25) is 0 Å². The summed E-state index contributed by atoms with van der Waals surface area (Å²) in [6.07, 6.45) is -5.08. The zero-order valence-corrected chi connectivity index (χ0v) is 7.37. The monoisotopic (exact) mass is 198 g/mol. The SMILES string of the molecule is CCNC(=O)NCCCC(F)(F)F. The van der Waals surface area contributed by atoms with Crippen molar-refractivity contribution in [3.63, 3.8) is 0 Å². The Hall–Kier alpha value is -0.940. The molecule has 0 unspecified atom stereocenters. The van der Waals surface area contributed by atoms with Gasteiger partial charge in [0.25, 0.3) is 0 Å². The molecule has 78 valence electrons. The predicted molar refractivity (Wildman–Crippen MR) is 42.4 cm³/mol. The van der Waals surface area contributed by atoms with Gasteiger partial charge in [-0.15, -0.1) is 0 Å². The van der Waals surface area contributed by atoms with E-state index in [-0.39, 0.29) is 13.0 Å². The first kappa shape index (κ1) is 12.1. The average Bonchev–Trinajstić information content (AvgIpc) is 1.97. The molecule has 0 aromatic carbocycles. The Labute approximate surface area is 74.7 Å². The summed E-state index contributed by atoms with van der Waals surface area (Å²) in [6.45, 7) is 2.24. The number of hydrogen-bond donors (Lipinski definition) is 2. The van der Waals surface area contributed by atoms with Gasteiger partial charge >= 0.3 is 12.2 Å². The summed E-state index contributed by atoms with van der Waals surface area (Å²) >= 11 is 0. The summed E-state index contributed by atoms with van der Waals surface area (Å²) in [5.41, 5.74) is 0. The summed E-state index contributed by atoms with van der Waals surface area (Å²) in [5, 5.41) is 4.72. The van der Waals surface area contributed by atoms with Crippen molar-refractivity contribution in [2.24, 2.45) is 0 Å². The molecule has 0 bridgehead atoms. The largest absolute Gasteiger partial charge is 0.389 e. The van der Waals surface area contributed by atoms with Crippen LogP contribution in [-0.4, -0.2) is 25.3 Å². The molecule has 0 spiro atoms. The molecule has 0 aliphatic rings. The average molecular weight is 198 g/mol. The van der Waals surface area contributed by atoms with Crippen LogP contribution in [0.3, 0.4) is 0 Å². The van der Waals surface area contributed by atoms with Gasteiger partial charge in [-0.05, 0) is 13.3 Å². The molecule has 0 aliphatic carbocycles. The third kappa shape index (κ3) is 8.97. The number of carbonyl (C=O) groups excluding carboxylic acids is 1. The van der Waals surface area contributed by atoms with Gasteiger partial charge in [-0.25, -0.2) is 4.79 Å². The molecule has 0 fully saturated rings. The van der Waals surface area contributed by atoms with Crippen LogP contribution < -0.4 is 10.6 Å². The van der Waals surface area contributed by atoms with Crippen LogP contribution in [0.4, 0.5) is 18.0 Å². The second-order valence-electron chi connectivity index (χ2n) is 2.50. The Balaban J connectivity index is 3.31. The molecule has 0 radical (unpaired) electrons. The van der Waals surface area contributed by atoms with E-state index in [1.807, 2.05) is 0 Å². The van der Waals surface area contributed by atoms with Crippen molar-refractivity contribution in [3.05, 3.63) is 0 Å². The number of rotatable bonds is 4. The van der Waals surface area contributed by atoms with Gasteiger partial charge in [0.2, 0.25) is 0 Å². The van der Waals surface area contributed by atoms with Gasteiger partial charge in [0, 0.05) is 19.5 Å².